The summed E-state index contributed by atoms with van der Waals surface area (Å²) in [5.41, 5.74) is 0. The minimum atomic E-state index is 0.244. The van der Waals surface area contributed by atoms with Gasteiger partial charge in [-0.1, -0.05) is 33.6 Å². The second-order valence-electron chi connectivity index (χ2n) is 3.56. The number of aliphatic hydroxyl groups excluding tert-OH is 2. The number of rotatable bonds is 6. The normalized spacial score (nSPS) is 18.8. The highest BCUT2D eigenvalue weighted by Crippen LogP contribution is 2.25. The molecule has 0 spiro atoms. The summed E-state index contributed by atoms with van der Waals surface area (Å²) >= 11 is 0. The molecule has 0 radical (unpaired) electrons. The lowest BCUT2D eigenvalue weighted by molar-refractivity contribution is 0.101. The largest absolute Gasteiger partial charge is 0.396 e. The van der Waals surface area contributed by atoms with Crippen molar-refractivity contribution < 1.29 is 10.2 Å². The van der Waals surface area contributed by atoms with Crippen molar-refractivity contribution in [3.63, 3.8) is 0 Å². The zero-order chi connectivity index (χ0) is 9.56. The minimum absolute atomic E-state index is 0.244. The Bertz CT molecular complexity index is 84.0. The lowest BCUT2D eigenvalue weighted by Crippen LogP contribution is -2.25. The molecule has 0 amide bonds. The predicted octanol–water partition coefficient (Wildman–Crippen LogP) is 1.66. The Kier molecular flexibility index (Phi) is 6.39. The average molecular weight is 174 g/mol. The summed E-state index contributed by atoms with van der Waals surface area (Å²) < 4.78 is 0. The fourth-order valence-electron chi connectivity index (χ4n) is 1.72. The van der Waals surface area contributed by atoms with E-state index in [0.29, 0.717) is 17.8 Å². The summed E-state index contributed by atoms with van der Waals surface area (Å²) in [4.78, 5) is 0. The van der Waals surface area contributed by atoms with Gasteiger partial charge < -0.3 is 10.2 Å². The summed E-state index contributed by atoms with van der Waals surface area (Å²) in [7, 11) is 0. The molecule has 0 aromatic carbocycles. The van der Waals surface area contributed by atoms with E-state index in [0.717, 1.165) is 12.8 Å². The van der Waals surface area contributed by atoms with Crippen LogP contribution in [0.2, 0.25) is 0 Å². The summed E-state index contributed by atoms with van der Waals surface area (Å²) in [6.45, 7) is 6.78. The third kappa shape index (κ3) is 3.11. The summed E-state index contributed by atoms with van der Waals surface area (Å²) in [6.07, 6.45) is 1.99. The topological polar surface area (TPSA) is 40.5 Å². The second kappa shape index (κ2) is 6.44. The first-order valence-corrected chi connectivity index (χ1v) is 4.92. The van der Waals surface area contributed by atoms with Crippen LogP contribution in [0.5, 0.6) is 0 Å². The van der Waals surface area contributed by atoms with Crippen molar-refractivity contribution in [3.05, 3.63) is 0 Å². The van der Waals surface area contributed by atoms with Crippen molar-refractivity contribution in [1.82, 2.24) is 0 Å². The maximum atomic E-state index is 9.05. The molecule has 0 aromatic heterocycles. The van der Waals surface area contributed by atoms with Gasteiger partial charge in [0.25, 0.3) is 0 Å². The molecule has 0 aliphatic rings. The van der Waals surface area contributed by atoms with Gasteiger partial charge in [-0.3, -0.25) is 0 Å². The molecule has 2 N–H and O–H groups in total. The van der Waals surface area contributed by atoms with Crippen LogP contribution in [0.4, 0.5) is 0 Å². The smallest absolute Gasteiger partial charge is 0.0461 e. The molecule has 0 bridgehead atoms. The Hall–Kier alpha value is -0.0800. The quantitative estimate of drug-likeness (QED) is 0.643. The molecular weight excluding hydrogens is 152 g/mol. The van der Waals surface area contributed by atoms with E-state index >= 15 is 0 Å². The van der Waals surface area contributed by atoms with Crippen molar-refractivity contribution in [2.75, 3.05) is 13.2 Å². The first kappa shape index (κ1) is 11.9. The average Bonchev–Trinajstić information content (AvgIpc) is 2.09. The molecule has 2 atom stereocenters. The summed E-state index contributed by atoms with van der Waals surface area (Å²) in [5, 5.41) is 18.1. The summed E-state index contributed by atoms with van der Waals surface area (Å²) in [6, 6.07) is 0. The lowest BCUT2D eigenvalue weighted by Gasteiger charge is -2.27. The fourth-order valence-corrected chi connectivity index (χ4v) is 1.72. The Balaban J connectivity index is 4.02. The van der Waals surface area contributed by atoms with E-state index in [4.69, 9.17) is 10.2 Å². The monoisotopic (exact) mass is 174 g/mol. The van der Waals surface area contributed by atoms with Gasteiger partial charge >= 0.3 is 0 Å². The van der Waals surface area contributed by atoms with E-state index in [-0.39, 0.29) is 13.2 Å². The van der Waals surface area contributed by atoms with Crippen LogP contribution >= 0.6 is 0 Å². The highest BCUT2D eigenvalue weighted by molar-refractivity contribution is 4.71. The third-order valence-corrected chi connectivity index (χ3v) is 3.00. The molecule has 0 fully saturated rings. The standard InChI is InChI=1S/C10H22O2/c1-4-9(6-11)8(3)10(5-2)7-12/h8-12H,4-7H2,1-3H3. The molecule has 0 rings (SSSR count). The first-order valence-electron chi connectivity index (χ1n) is 4.92. The molecule has 0 aliphatic heterocycles. The van der Waals surface area contributed by atoms with Gasteiger partial charge in [-0.2, -0.15) is 0 Å². The number of hydrogen-bond donors (Lipinski definition) is 2. The number of aliphatic hydroxyl groups is 2. The maximum Gasteiger partial charge on any atom is 0.0461 e. The van der Waals surface area contributed by atoms with Crippen molar-refractivity contribution in [2.45, 2.75) is 33.6 Å². The predicted molar refractivity (Wildman–Crippen MR) is 50.9 cm³/mol. The van der Waals surface area contributed by atoms with Crippen LogP contribution < -0.4 is 0 Å². The van der Waals surface area contributed by atoms with Crippen molar-refractivity contribution in [1.29, 1.82) is 0 Å². The van der Waals surface area contributed by atoms with E-state index in [9.17, 15) is 0 Å². The lowest BCUT2D eigenvalue weighted by atomic mass is 9.81. The van der Waals surface area contributed by atoms with Crippen LogP contribution in [0, 0.1) is 17.8 Å². The molecule has 0 aromatic rings. The molecule has 2 heteroatoms. The van der Waals surface area contributed by atoms with Gasteiger partial charge in [0.15, 0.2) is 0 Å². The Morgan fingerprint density at radius 1 is 0.917 bits per heavy atom. The van der Waals surface area contributed by atoms with Gasteiger partial charge in [0, 0.05) is 13.2 Å². The Labute approximate surface area is 75.6 Å². The fraction of sp³-hybridized carbons (Fsp3) is 1.00. The Morgan fingerprint density at radius 3 is 1.42 bits per heavy atom. The first-order chi connectivity index (χ1) is 5.71. The Morgan fingerprint density at radius 2 is 1.25 bits per heavy atom. The number of hydrogen-bond acceptors (Lipinski definition) is 2. The molecule has 0 saturated heterocycles. The van der Waals surface area contributed by atoms with Crippen molar-refractivity contribution in [2.24, 2.45) is 17.8 Å². The third-order valence-electron chi connectivity index (χ3n) is 3.00. The molecule has 12 heavy (non-hydrogen) atoms. The van der Waals surface area contributed by atoms with Gasteiger partial charge in [-0.25, -0.2) is 0 Å². The maximum absolute atomic E-state index is 9.05. The van der Waals surface area contributed by atoms with Crippen LogP contribution in [0.1, 0.15) is 33.6 Å². The summed E-state index contributed by atoms with van der Waals surface area (Å²) in [5.74, 6) is 1.12. The zero-order valence-corrected chi connectivity index (χ0v) is 8.45. The second-order valence-corrected chi connectivity index (χ2v) is 3.56. The van der Waals surface area contributed by atoms with Crippen LogP contribution in [0.3, 0.4) is 0 Å². The van der Waals surface area contributed by atoms with Gasteiger partial charge in [-0.15, -0.1) is 0 Å². The van der Waals surface area contributed by atoms with Crippen molar-refractivity contribution in [3.8, 4) is 0 Å². The van der Waals surface area contributed by atoms with Gasteiger partial charge in [0.1, 0.15) is 0 Å². The molecule has 2 nitrogen and oxygen atoms in total. The highest BCUT2D eigenvalue weighted by atomic mass is 16.3. The minimum Gasteiger partial charge on any atom is -0.396 e. The zero-order valence-electron chi connectivity index (χ0n) is 8.45. The van der Waals surface area contributed by atoms with E-state index in [2.05, 4.69) is 20.8 Å². The van der Waals surface area contributed by atoms with E-state index in [1.165, 1.54) is 0 Å². The highest BCUT2D eigenvalue weighted by Gasteiger charge is 2.21. The molecular formula is C10H22O2. The molecule has 74 valence electrons. The SMILES string of the molecule is CCC(CO)C(C)C(CC)CO. The molecule has 2 unspecified atom stereocenters. The molecule has 0 aliphatic carbocycles. The molecule has 0 heterocycles. The van der Waals surface area contributed by atoms with E-state index in [1.807, 2.05) is 0 Å². The van der Waals surface area contributed by atoms with Gasteiger partial charge in [-0.05, 0) is 17.8 Å². The van der Waals surface area contributed by atoms with E-state index < -0.39 is 0 Å². The van der Waals surface area contributed by atoms with Gasteiger partial charge in [0.2, 0.25) is 0 Å². The van der Waals surface area contributed by atoms with Crippen LogP contribution in [-0.2, 0) is 0 Å². The van der Waals surface area contributed by atoms with Crippen LogP contribution in [0.15, 0.2) is 0 Å². The van der Waals surface area contributed by atoms with Gasteiger partial charge in [0.05, 0.1) is 0 Å². The van der Waals surface area contributed by atoms with Crippen LogP contribution in [-0.4, -0.2) is 23.4 Å². The van der Waals surface area contributed by atoms with E-state index in [1.54, 1.807) is 0 Å². The van der Waals surface area contributed by atoms with Crippen LogP contribution in [0.25, 0.3) is 0 Å². The van der Waals surface area contributed by atoms with Crippen molar-refractivity contribution >= 4 is 0 Å². The molecule has 0 saturated carbocycles.